The summed E-state index contributed by atoms with van der Waals surface area (Å²) in [4.78, 5) is 2.40. The van der Waals surface area contributed by atoms with Gasteiger partial charge in [-0.2, -0.15) is 5.10 Å². The van der Waals surface area contributed by atoms with E-state index in [-0.39, 0.29) is 0 Å². The van der Waals surface area contributed by atoms with Crippen molar-refractivity contribution in [2.45, 2.75) is 25.8 Å². The zero-order valence-electron chi connectivity index (χ0n) is 11.0. The number of piperidine rings is 1. The third-order valence-electron chi connectivity index (χ3n) is 3.59. The molecule has 2 rings (SSSR count). The van der Waals surface area contributed by atoms with Crippen LogP contribution < -0.4 is 5.32 Å². The summed E-state index contributed by atoms with van der Waals surface area (Å²) in [6, 6.07) is 0. The first-order valence-corrected chi connectivity index (χ1v) is 6.61. The van der Waals surface area contributed by atoms with Gasteiger partial charge in [0.2, 0.25) is 0 Å². The zero-order chi connectivity index (χ0) is 12.1. The molecule has 0 saturated carbocycles. The largest absolute Gasteiger partial charge is 0.317 e. The summed E-state index contributed by atoms with van der Waals surface area (Å²) in [6.45, 7) is 4.62. The Labute approximate surface area is 104 Å². The summed E-state index contributed by atoms with van der Waals surface area (Å²) in [6.07, 6.45) is 8.09. The van der Waals surface area contributed by atoms with Crippen molar-refractivity contribution in [2.75, 3.05) is 26.7 Å². The highest BCUT2D eigenvalue weighted by atomic mass is 15.2. The Kier molecular flexibility index (Phi) is 4.57. The normalized spacial score (nSPS) is 17.8. The second kappa shape index (κ2) is 6.17. The van der Waals surface area contributed by atoms with Gasteiger partial charge in [-0.1, -0.05) is 0 Å². The summed E-state index contributed by atoms with van der Waals surface area (Å²) in [5.41, 5.74) is 1.31. The molecule has 0 aliphatic carbocycles. The maximum atomic E-state index is 4.20. The Morgan fingerprint density at radius 2 is 2.24 bits per heavy atom. The van der Waals surface area contributed by atoms with E-state index in [0.29, 0.717) is 0 Å². The zero-order valence-corrected chi connectivity index (χ0v) is 11.0. The lowest BCUT2D eigenvalue weighted by Crippen LogP contribution is -2.30. The van der Waals surface area contributed by atoms with Gasteiger partial charge in [0.15, 0.2) is 0 Å². The lowest BCUT2D eigenvalue weighted by molar-refractivity contribution is 0.266. The van der Waals surface area contributed by atoms with E-state index in [0.717, 1.165) is 12.5 Å². The average molecular weight is 236 g/mol. The SMILES string of the molecule is CN(CCC1CCNCC1)Cc1cnn(C)c1. The van der Waals surface area contributed by atoms with Gasteiger partial charge in [-0.3, -0.25) is 4.68 Å². The summed E-state index contributed by atoms with van der Waals surface area (Å²) >= 11 is 0. The molecule has 1 aliphatic heterocycles. The maximum Gasteiger partial charge on any atom is 0.0534 e. The Bertz CT molecular complexity index is 328. The molecule has 1 fully saturated rings. The summed E-state index contributed by atoms with van der Waals surface area (Å²) in [5, 5.41) is 7.62. The molecule has 1 aromatic rings. The molecule has 0 bridgehead atoms. The number of hydrogen-bond donors (Lipinski definition) is 1. The topological polar surface area (TPSA) is 33.1 Å². The third kappa shape index (κ3) is 4.13. The Hall–Kier alpha value is -0.870. The second-order valence-corrected chi connectivity index (χ2v) is 5.24. The monoisotopic (exact) mass is 236 g/mol. The first-order chi connectivity index (χ1) is 8.24. The van der Waals surface area contributed by atoms with Crippen molar-refractivity contribution in [2.24, 2.45) is 13.0 Å². The van der Waals surface area contributed by atoms with Gasteiger partial charge in [0, 0.05) is 25.4 Å². The molecule has 2 heterocycles. The van der Waals surface area contributed by atoms with E-state index < -0.39 is 0 Å². The minimum absolute atomic E-state index is 0.924. The van der Waals surface area contributed by atoms with Crippen molar-refractivity contribution in [3.63, 3.8) is 0 Å². The molecule has 1 aliphatic rings. The minimum Gasteiger partial charge on any atom is -0.317 e. The molecule has 1 saturated heterocycles. The fraction of sp³-hybridized carbons (Fsp3) is 0.769. The van der Waals surface area contributed by atoms with Crippen LogP contribution in [0.4, 0.5) is 0 Å². The fourth-order valence-corrected chi connectivity index (χ4v) is 2.52. The van der Waals surface area contributed by atoms with E-state index in [1.165, 1.54) is 44.5 Å². The predicted octanol–water partition coefficient (Wildman–Crippen LogP) is 1.24. The maximum absolute atomic E-state index is 4.20. The molecule has 96 valence electrons. The summed E-state index contributed by atoms with van der Waals surface area (Å²) in [5.74, 6) is 0.924. The van der Waals surface area contributed by atoms with Crippen molar-refractivity contribution >= 4 is 0 Å². The Morgan fingerprint density at radius 3 is 2.88 bits per heavy atom. The van der Waals surface area contributed by atoms with Crippen LogP contribution in [0.25, 0.3) is 0 Å². The van der Waals surface area contributed by atoms with Crippen molar-refractivity contribution in [3.05, 3.63) is 18.0 Å². The van der Waals surface area contributed by atoms with Gasteiger partial charge in [-0.15, -0.1) is 0 Å². The highest BCUT2D eigenvalue weighted by Gasteiger charge is 2.13. The smallest absolute Gasteiger partial charge is 0.0534 e. The molecule has 0 atom stereocenters. The predicted molar refractivity (Wildman–Crippen MR) is 69.8 cm³/mol. The lowest BCUT2D eigenvalue weighted by Gasteiger charge is -2.25. The molecule has 1 aromatic heterocycles. The van der Waals surface area contributed by atoms with Gasteiger partial charge in [0.1, 0.15) is 0 Å². The van der Waals surface area contributed by atoms with Crippen LogP contribution in [0, 0.1) is 5.92 Å². The minimum atomic E-state index is 0.924. The highest BCUT2D eigenvalue weighted by molar-refractivity contribution is 5.02. The second-order valence-electron chi connectivity index (χ2n) is 5.24. The number of aryl methyl sites for hydroxylation is 1. The van der Waals surface area contributed by atoms with E-state index in [1.807, 2.05) is 17.9 Å². The van der Waals surface area contributed by atoms with Gasteiger partial charge in [-0.05, 0) is 51.9 Å². The van der Waals surface area contributed by atoms with Crippen LogP contribution >= 0.6 is 0 Å². The van der Waals surface area contributed by atoms with Crippen LogP contribution in [0.1, 0.15) is 24.8 Å². The van der Waals surface area contributed by atoms with Gasteiger partial charge >= 0.3 is 0 Å². The van der Waals surface area contributed by atoms with E-state index in [9.17, 15) is 0 Å². The number of rotatable bonds is 5. The lowest BCUT2D eigenvalue weighted by atomic mass is 9.94. The molecule has 0 amide bonds. The Balaban J connectivity index is 1.68. The molecule has 0 radical (unpaired) electrons. The van der Waals surface area contributed by atoms with Crippen LogP contribution in [-0.2, 0) is 13.6 Å². The number of nitrogens with zero attached hydrogens (tertiary/aromatic N) is 3. The molecule has 4 heteroatoms. The number of nitrogens with one attached hydrogen (secondary N) is 1. The van der Waals surface area contributed by atoms with Crippen LogP contribution in [-0.4, -0.2) is 41.4 Å². The van der Waals surface area contributed by atoms with Crippen LogP contribution in [0.15, 0.2) is 12.4 Å². The van der Waals surface area contributed by atoms with E-state index in [4.69, 9.17) is 0 Å². The number of aromatic nitrogens is 2. The van der Waals surface area contributed by atoms with Crippen molar-refractivity contribution < 1.29 is 0 Å². The average Bonchev–Trinajstić information content (AvgIpc) is 2.73. The van der Waals surface area contributed by atoms with Crippen molar-refractivity contribution in [1.29, 1.82) is 0 Å². The quantitative estimate of drug-likeness (QED) is 0.835. The molecule has 0 aromatic carbocycles. The molecule has 0 spiro atoms. The molecule has 0 unspecified atom stereocenters. The van der Waals surface area contributed by atoms with E-state index >= 15 is 0 Å². The van der Waals surface area contributed by atoms with Gasteiger partial charge in [0.25, 0.3) is 0 Å². The summed E-state index contributed by atoms with van der Waals surface area (Å²) < 4.78 is 1.87. The molecular weight excluding hydrogens is 212 g/mol. The van der Waals surface area contributed by atoms with E-state index in [2.05, 4.69) is 28.6 Å². The van der Waals surface area contributed by atoms with E-state index in [1.54, 1.807) is 0 Å². The standard InChI is InChI=1S/C13H24N4/c1-16(10-13-9-15-17(2)11-13)8-5-12-3-6-14-7-4-12/h9,11-12,14H,3-8,10H2,1-2H3. The van der Waals surface area contributed by atoms with Crippen molar-refractivity contribution in [1.82, 2.24) is 20.0 Å². The molecule has 1 N–H and O–H groups in total. The van der Waals surface area contributed by atoms with Crippen LogP contribution in [0.5, 0.6) is 0 Å². The fourth-order valence-electron chi connectivity index (χ4n) is 2.52. The molecule has 4 nitrogen and oxygen atoms in total. The Morgan fingerprint density at radius 1 is 1.47 bits per heavy atom. The van der Waals surface area contributed by atoms with Gasteiger partial charge in [0.05, 0.1) is 6.20 Å². The number of hydrogen-bond acceptors (Lipinski definition) is 3. The highest BCUT2D eigenvalue weighted by Crippen LogP contribution is 2.16. The molecule has 17 heavy (non-hydrogen) atoms. The first kappa shape index (κ1) is 12.6. The van der Waals surface area contributed by atoms with Crippen LogP contribution in [0.2, 0.25) is 0 Å². The van der Waals surface area contributed by atoms with Crippen LogP contribution in [0.3, 0.4) is 0 Å². The van der Waals surface area contributed by atoms with Gasteiger partial charge in [-0.25, -0.2) is 0 Å². The third-order valence-corrected chi connectivity index (χ3v) is 3.59. The summed E-state index contributed by atoms with van der Waals surface area (Å²) in [7, 11) is 4.17. The van der Waals surface area contributed by atoms with Gasteiger partial charge < -0.3 is 10.2 Å². The first-order valence-electron chi connectivity index (χ1n) is 6.61. The van der Waals surface area contributed by atoms with Crippen molar-refractivity contribution in [3.8, 4) is 0 Å². The molecular formula is C13H24N4.